The van der Waals surface area contributed by atoms with Gasteiger partial charge in [0.1, 0.15) is 0 Å². The number of hydrogen-bond acceptors (Lipinski definition) is 3. The molecule has 0 saturated heterocycles. The highest BCUT2D eigenvalue weighted by Gasteiger charge is 2.10. The van der Waals surface area contributed by atoms with Gasteiger partial charge in [0.15, 0.2) is 0 Å². The van der Waals surface area contributed by atoms with Crippen LogP contribution < -0.4 is 5.32 Å². The molecule has 0 aliphatic carbocycles. The Morgan fingerprint density at radius 3 is 2.45 bits per heavy atom. The average Bonchev–Trinajstić information content (AvgIpc) is 2.45. The molecule has 1 aromatic heterocycles. The molecular formula is C17H31N3. The fourth-order valence-electron chi connectivity index (χ4n) is 2.20. The maximum absolute atomic E-state index is 4.60. The fraction of sp³-hybridized carbons (Fsp3) is 0.706. The summed E-state index contributed by atoms with van der Waals surface area (Å²) in [6, 6.07) is 4.98. The molecule has 1 atom stereocenters. The molecule has 20 heavy (non-hydrogen) atoms. The number of rotatable bonds is 9. The summed E-state index contributed by atoms with van der Waals surface area (Å²) >= 11 is 0. The van der Waals surface area contributed by atoms with E-state index >= 15 is 0 Å². The molecule has 0 aliphatic rings. The third-order valence-corrected chi connectivity index (χ3v) is 3.75. The molecule has 3 nitrogen and oxygen atoms in total. The fourth-order valence-corrected chi connectivity index (χ4v) is 2.20. The zero-order valence-corrected chi connectivity index (χ0v) is 13.8. The van der Waals surface area contributed by atoms with Crippen LogP contribution in [0.1, 0.15) is 52.3 Å². The van der Waals surface area contributed by atoms with Gasteiger partial charge in [0, 0.05) is 25.3 Å². The van der Waals surface area contributed by atoms with E-state index in [-0.39, 0.29) is 0 Å². The van der Waals surface area contributed by atoms with E-state index in [2.05, 4.69) is 62.0 Å². The predicted octanol–water partition coefficient (Wildman–Crippen LogP) is 3.45. The van der Waals surface area contributed by atoms with Crippen LogP contribution >= 0.6 is 0 Å². The van der Waals surface area contributed by atoms with Gasteiger partial charge < -0.3 is 5.32 Å². The highest BCUT2D eigenvalue weighted by Crippen LogP contribution is 2.09. The Kier molecular flexibility index (Phi) is 7.78. The lowest BCUT2D eigenvalue weighted by molar-refractivity contribution is 0.203. The summed E-state index contributed by atoms with van der Waals surface area (Å²) in [5, 5.41) is 3.45. The summed E-state index contributed by atoms with van der Waals surface area (Å²) < 4.78 is 0. The van der Waals surface area contributed by atoms with E-state index in [4.69, 9.17) is 0 Å². The Balaban J connectivity index is 2.49. The average molecular weight is 277 g/mol. The van der Waals surface area contributed by atoms with Crippen molar-refractivity contribution < 1.29 is 0 Å². The van der Waals surface area contributed by atoms with Crippen LogP contribution in [0, 0.1) is 5.92 Å². The summed E-state index contributed by atoms with van der Waals surface area (Å²) in [6.07, 6.45) is 3.19. The minimum atomic E-state index is 0.620. The van der Waals surface area contributed by atoms with E-state index < -0.39 is 0 Å². The normalized spacial score (nSPS) is 13.2. The van der Waals surface area contributed by atoms with Crippen molar-refractivity contribution in [3.05, 3.63) is 29.6 Å². The van der Waals surface area contributed by atoms with Crippen molar-refractivity contribution in [3.63, 3.8) is 0 Å². The summed E-state index contributed by atoms with van der Waals surface area (Å²) in [6.45, 7) is 15.2. The van der Waals surface area contributed by atoms with Gasteiger partial charge in [-0.2, -0.15) is 0 Å². The van der Waals surface area contributed by atoms with Crippen LogP contribution in [0.4, 0.5) is 0 Å². The number of hydrogen-bond donors (Lipinski definition) is 1. The molecule has 3 heteroatoms. The van der Waals surface area contributed by atoms with E-state index in [1.54, 1.807) is 0 Å². The third-order valence-electron chi connectivity index (χ3n) is 3.75. The first-order valence-electron chi connectivity index (χ1n) is 7.95. The maximum atomic E-state index is 4.60. The second kappa shape index (κ2) is 9.09. The van der Waals surface area contributed by atoms with Crippen molar-refractivity contribution in [1.82, 2.24) is 15.2 Å². The summed E-state index contributed by atoms with van der Waals surface area (Å²) in [7, 11) is 0. The molecule has 114 valence electrons. The number of nitrogens with zero attached hydrogens (tertiary/aromatic N) is 2. The lowest BCUT2D eigenvalue weighted by Crippen LogP contribution is -2.32. The van der Waals surface area contributed by atoms with Gasteiger partial charge in [-0.25, -0.2) is 0 Å². The van der Waals surface area contributed by atoms with Crippen molar-refractivity contribution in [1.29, 1.82) is 0 Å². The van der Waals surface area contributed by atoms with E-state index in [0.29, 0.717) is 12.0 Å². The van der Waals surface area contributed by atoms with Crippen molar-refractivity contribution in [2.45, 2.75) is 60.2 Å². The minimum Gasteiger partial charge on any atom is -0.312 e. The molecule has 1 heterocycles. The second-order valence-electron chi connectivity index (χ2n) is 6.00. The maximum Gasteiger partial charge on any atom is 0.0544 e. The smallest absolute Gasteiger partial charge is 0.0544 e. The van der Waals surface area contributed by atoms with Crippen LogP contribution in [0.15, 0.2) is 18.3 Å². The van der Waals surface area contributed by atoms with Gasteiger partial charge in [0.2, 0.25) is 0 Å². The molecular weight excluding hydrogens is 246 g/mol. The van der Waals surface area contributed by atoms with Gasteiger partial charge in [-0.15, -0.1) is 0 Å². The van der Waals surface area contributed by atoms with Crippen molar-refractivity contribution >= 4 is 0 Å². The van der Waals surface area contributed by atoms with E-state index in [1.165, 1.54) is 17.7 Å². The van der Waals surface area contributed by atoms with Crippen molar-refractivity contribution in [2.24, 2.45) is 5.92 Å². The molecule has 0 spiro atoms. The summed E-state index contributed by atoms with van der Waals surface area (Å²) in [5.41, 5.74) is 2.43. The molecule has 0 aromatic carbocycles. The first kappa shape index (κ1) is 17.1. The zero-order valence-electron chi connectivity index (χ0n) is 13.8. The molecule has 0 aliphatic heterocycles. The summed E-state index contributed by atoms with van der Waals surface area (Å²) in [4.78, 5) is 7.07. The van der Waals surface area contributed by atoms with E-state index in [9.17, 15) is 0 Å². The van der Waals surface area contributed by atoms with Gasteiger partial charge in [0.05, 0.1) is 5.69 Å². The van der Waals surface area contributed by atoms with Crippen LogP contribution in [-0.2, 0) is 13.1 Å². The number of nitrogens with one attached hydrogen (secondary N) is 1. The Hall–Kier alpha value is -0.930. The van der Waals surface area contributed by atoms with Crippen LogP contribution in [0.5, 0.6) is 0 Å². The molecule has 1 N–H and O–H groups in total. The molecule has 1 rings (SSSR count). The third kappa shape index (κ3) is 6.02. The van der Waals surface area contributed by atoms with Gasteiger partial charge >= 0.3 is 0 Å². The molecule has 0 bridgehead atoms. The molecule has 0 saturated carbocycles. The SMILES string of the molecule is CCC(C)N(CC)Cc1ccc(CNCC(C)C)cn1. The van der Waals surface area contributed by atoms with Gasteiger partial charge in [-0.05, 0) is 44.0 Å². The quantitative estimate of drug-likeness (QED) is 0.749. The van der Waals surface area contributed by atoms with Crippen LogP contribution in [-0.4, -0.2) is 29.0 Å². The Morgan fingerprint density at radius 1 is 1.20 bits per heavy atom. The lowest BCUT2D eigenvalue weighted by atomic mass is 10.2. The topological polar surface area (TPSA) is 28.2 Å². The lowest BCUT2D eigenvalue weighted by Gasteiger charge is -2.26. The minimum absolute atomic E-state index is 0.620. The molecule has 1 aromatic rings. The Morgan fingerprint density at radius 2 is 1.95 bits per heavy atom. The van der Waals surface area contributed by atoms with Crippen LogP contribution in [0.25, 0.3) is 0 Å². The zero-order chi connectivity index (χ0) is 15.0. The highest BCUT2D eigenvalue weighted by atomic mass is 15.1. The predicted molar refractivity (Wildman–Crippen MR) is 86.6 cm³/mol. The molecule has 0 amide bonds. The number of pyridine rings is 1. The van der Waals surface area contributed by atoms with Crippen LogP contribution in [0.2, 0.25) is 0 Å². The molecule has 0 radical (unpaired) electrons. The monoisotopic (exact) mass is 277 g/mol. The van der Waals surface area contributed by atoms with Crippen LogP contribution in [0.3, 0.4) is 0 Å². The summed E-state index contributed by atoms with van der Waals surface area (Å²) in [5.74, 6) is 0.691. The Bertz CT molecular complexity index is 359. The molecule has 1 unspecified atom stereocenters. The standard InChI is InChI=1S/C17H31N3/c1-6-15(5)20(7-2)13-17-9-8-16(12-19-17)11-18-10-14(3)4/h8-9,12,14-15,18H,6-7,10-11,13H2,1-5H3. The van der Waals surface area contributed by atoms with Crippen molar-refractivity contribution in [2.75, 3.05) is 13.1 Å². The van der Waals surface area contributed by atoms with Gasteiger partial charge in [-0.3, -0.25) is 9.88 Å². The van der Waals surface area contributed by atoms with E-state index in [0.717, 1.165) is 26.2 Å². The molecule has 0 fully saturated rings. The van der Waals surface area contributed by atoms with E-state index in [1.807, 2.05) is 6.20 Å². The number of aromatic nitrogens is 1. The van der Waals surface area contributed by atoms with Crippen molar-refractivity contribution in [3.8, 4) is 0 Å². The Labute approximate surface area is 124 Å². The van der Waals surface area contributed by atoms with Gasteiger partial charge in [0.25, 0.3) is 0 Å². The first-order chi connectivity index (χ1) is 9.56. The first-order valence-corrected chi connectivity index (χ1v) is 7.95. The van der Waals surface area contributed by atoms with Gasteiger partial charge in [-0.1, -0.05) is 33.8 Å². The second-order valence-corrected chi connectivity index (χ2v) is 6.00. The largest absolute Gasteiger partial charge is 0.312 e. The highest BCUT2D eigenvalue weighted by molar-refractivity contribution is 5.14.